The van der Waals surface area contributed by atoms with Crippen LogP contribution in [0, 0.1) is 0 Å². The van der Waals surface area contributed by atoms with Gasteiger partial charge in [0.25, 0.3) is 0 Å². The number of benzene rings is 1. The quantitative estimate of drug-likeness (QED) is 0.792. The highest BCUT2D eigenvalue weighted by Gasteiger charge is 2.53. The van der Waals surface area contributed by atoms with Crippen LogP contribution < -0.4 is 0 Å². The van der Waals surface area contributed by atoms with E-state index in [1.54, 1.807) is 0 Å². The van der Waals surface area contributed by atoms with Crippen LogP contribution in [-0.4, -0.2) is 36.3 Å². The Bertz CT molecular complexity index is 579. The van der Waals surface area contributed by atoms with Crippen molar-refractivity contribution < 1.29 is 9.31 Å². The highest BCUT2D eigenvalue weighted by Crippen LogP contribution is 2.40. The molecule has 2 aliphatic rings. The van der Waals surface area contributed by atoms with Crippen molar-refractivity contribution in [2.75, 3.05) is 13.1 Å². The van der Waals surface area contributed by atoms with Crippen molar-refractivity contribution in [2.24, 2.45) is 0 Å². The van der Waals surface area contributed by atoms with Crippen LogP contribution in [-0.2, 0) is 15.9 Å². The monoisotopic (exact) mass is 313 g/mol. The predicted octanol–water partition coefficient (Wildman–Crippen LogP) is 3.84. The van der Waals surface area contributed by atoms with Crippen LogP contribution in [0.1, 0.15) is 46.6 Å². The molecule has 0 aromatic heterocycles. The zero-order valence-corrected chi connectivity index (χ0v) is 15.1. The molecule has 0 bridgehead atoms. The fourth-order valence-electron chi connectivity index (χ4n) is 3.18. The van der Waals surface area contributed by atoms with E-state index in [1.807, 2.05) is 0 Å². The smallest absolute Gasteiger partial charge is 0.400 e. The normalized spacial score (nSPS) is 24.3. The van der Waals surface area contributed by atoms with Crippen molar-refractivity contribution in [3.63, 3.8) is 0 Å². The van der Waals surface area contributed by atoms with Gasteiger partial charge in [-0.3, -0.25) is 4.90 Å². The topological polar surface area (TPSA) is 21.7 Å². The Morgan fingerprint density at radius 2 is 1.65 bits per heavy atom. The van der Waals surface area contributed by atoms with Crippen LogP contribution in [0.2, 0.25) is 0 Å². The summed E-state index contributed by atoms with van der Waals surface area (Å²) in [4.78, 5) is 2.49. The summed E-state index contributed by atoms with van der Waals surface area (Å²) < 4.78 is 12.5. The molecule has 23 heavy (non-hydrogen) atoms. The molecule has 0 spiro atoms. The van der Waals surface area contributed by atoms with Gasteiger partial charge < -0.3 is 9.31 Å². The van der Waals surface area contributed by atoms with E-state index in [4.69, 9.17) is 9.31 Å². The van der Waals surface area contributed by atoms with Crippen LogP contribution in [0.15, 0.2) is 41.4 Å². The molecule has 4 heteroatoms. The summed E-state index contributed by atoms with van der Waals surface area (Å²) in [6.45, 7) is 13.7. The van der Waals surface area contributed by atoms with Gasteiger partial charge in [0.05, 0.1) is 11.2 Å². The third-order valence-corrected chi connectivity index (χ3v) is 5.53. The van der Waals surface area contributed by atoms with Crippen molar-refractivity contribution in [2.45, 2.75) is 58.8 Å². The SMILES string of the molecule is CC1=C(B2OC(C)(C)C(C)(C)O2)CN(Cc2ccccc2)CC1. The van der Waals surface area contributed by atoms with Crippen molar-refractivity contribution >= 4 is 7.12 Å². The zero-order valence-electron chi connectivity index (χ0n) is 15.1. The molecule has 0 saturated carbocycles. The van der Waals surface area contributed by atoms with E-state index in [0.29, 0.717) is 0 Å². The molecular weight excluding hydrogens is 285 g/mol. The largest absolute Gasteiger partial charge is 0.491 e. The Labute approximate surface area is 140 Å². The standard InChI is InChI=1S/C19H28BNO2/c1-15-11-12-21(13-16-9-7-6-8-10-16)14-17(15)20-22-18(2,3)19(4,5)23-20/h6-10H,11-14H2,1-5H3. The molecule has 3 nitrogen and oxygen atoms in total. The maximum atomic E-state index is 6.27. The van der Waals surface area contributed by atoms with Gasteiger partial charge in [-0.05, 0) is 52.1 Å². The van der Waals surface area contributed by atoms with Gasteiger partial charge in [0.15, 0.2) is 0 Å². The molecule has 0 atom stereocenters. The molecule has 3 rings (SSSR count). The molecule has 1 aromatic rings. The third-order valence-electron chi connectivity index (χ3n) is 5.53. The second kappa shape index (κ2) is 6.08. The second-order valence-electron chi connectivity index (χ2n) is 7.84. The Morgan fingerprint density at radius 3 is 2.26 bits per heavy atom. The summed E-state index contributed by atoms with van der Waals surface area (Å²) in [5.74, 6) is 0. The van der Waals surface area contributed by atoms with Gasteiger partial charge >= 0.3 is 7.12 Å². The van der Waals surface area contributed by atoms with Crippen LogP contribution >= 0.6 is 0 Å². The molecule has 0 N–H and O–H groups in total. The molecule has 1 fully saturated rings. The summed E-state index contributed by atoms with van der Waals surface area (Å²) in [5.41, 5.74) is 3.55. The fraction of sp³-hybridized carbons (Fsp3) is 0.579. The van der Waals surface area contributed by atoms with Gasteiger partial charge in [-0.15, -0.1) is 0 Å². The van der Waals surface area contributed by atoms with Crippen LogP contribution in [0.4, 0.5) is 0 Å². The fourth-order valence-corrected chi connectivity index (χ4v) is 3.18. The van der Waals surface area contributed by atoms with Crippen molar-refractivity contribution in [1.82, 2.24) is 4.90 Å². The third kappa shape index (κ3) is 3.40. The van der Waals surface area contributed by atoms with Gasteiger partial charge in [0.1, 0.15) is 0 Å². The average Bonchev–Trinajstić information content (AvgIpc) is 2.70. The van der Waals surface area contributed by atoms with Gasteiger partial charge in [-0.25, -0.2) is 0 Å². The molecule has 1 saturated heterocycles. The van der Waals surface area contributed by atoms with Crippen molar-refractivity contribution in [3.8, 4) is 0 Å². The molecule has 0 aliphatic carbocycles. The van der Waals surface area contributed by atoms with E-state index >= 15 is 0 Å². The minimum absolute atomic E-state index is 0.210. The molecule has 0 radical (unpaired) electrons. The lowest BCUT2D eigenvalue weighted by Crippen LogP contribution is -2.41. The molecule has 0 amide bonds. The predicted molar refractivity (Wildman–Crippen MR) is 95.1 cm³/mol. The van der Waals surface area contributed by atoms with E-state index < -0.39 is 0 Å². The second-order valence-corrected chi connectivity index (χ2v) is 7.84. The molecule has 2 aliphatic heterocycles. The first kappa shape index (κ1) is 16.8. The molecule has 2 heterocycles. The Kier molecular flexibility index (Phi) is 4.43. The summed E-state index contributed by atoms with van der Waals surface area (Å²) >= 11 is 0. The molecule has 1 aromatic carbocycles. The summed E-state index contributed by atoms with van der Waals surface area (Å²) in [7, 11) is -0.210. The van der Waals surface area contributed by atoms with E-state index in [9.17, 15) is 0 Å². The maximum absolute atomic E-state index is 6.27. The minimum atomic E-state index is -0.271. The van der Waals surface area contributed by atoms with Crippen molar-refractivity contribution in [1.29, 1.82) is 0 Å². The van der Waals surface area contributed by atoms with Crippen LogP contribution in [0.5, 0.6) is 0 Å². The highest BCUT2D eigenvalue weighted by molar-refractivity contribution is 6.55. The Morgan fingerprint density at radius 1 is 1.04 bits per heavy atom. The average molecular weight is 313 g/mol. The number of rotatable bonds is 3. The van der Waals surface area contributed by atoms with E-state index in [0.717, 1.165) is 26.1 Å². The minimum Gasteiger partial charge on any atom is -0.400 e. The van der Waals surface area contributed by atoms with Gasteiger partial charge in [-0.2, -0.15) is 0 Å². The van der Waals surface area contributed by atoms with E-state index in [2.05, 4.69) is 69.9 Å². The summed E-state index contributed by atoms with van der Waals surface area (Å²) in [5, 5.41) is 0. The highest BCUT2D eigenvalue weighted by atomic mass is 16.7. The van der Waals surface area contributed by atoms with E-state index in [-0.39, 0.29) is 18.3 Å². The lowest BCUT2D eigenvalue weighted by atomic mass is 9.73. The van der Waals surface area contributed by atoms with E-state index in [1.165, 1.54) is 16.6 Å². The van der Waals surface area contributed by atoms with Crippen molar-refractivity contribution in [3.05, 3.63) is 46.9 Å². The summed E-state index contributed by atoms with van der Waals surface area (Å²) in [6, 6.07) is 10.7. The van der Waals surface area contributed by atoms with Gasteiger partial charge in [0.2, 0.25) is 0 Å². The lowest BCUT2D eigenvalue weighted by Gasteiger charge is -2.32. The zero-order chi connectivity index (χ0) is 16.7. The first-order valence-corrected chi connectivity index (χ1v) is 8.59. The molecule has 0 unspecified atom stereocenters. The van der Waals surface area contributed by atoms with Gasteiger partial charge in [0, 0.05) is 19.6 Å². The number of nitrogens with zero attached hydrogens (tertiary/aromatic N) is 1. The number of hydrogen-bond donors (Lipinski definition) is 0. The summed E-state index contributed by atoms with van der Waals surface area (Å²) in [6.07, 6.45) is 1.09. The lowest BCUT2D eigenvalue weighted by molar-refractivity contribution is 0.00578. The molecular formula is C19H28BNO2. The molecule has 124 valence electrons. The number of hydrogen-bond acceptors (Lipinski definition) is 3. The Hall–Kier alpha value is -1.10. The maximum Gasteiger partial charge on any atom is 0.491 e. The first-order valence-electron chi connectivity index (χ1n) is 8.59. The van der Waals surface area contributed by atoms with Gasteiger partial charge in [-0.1, -0.05) is 35.9 Å². The Balaban J connectivity index is 1.72. The first-order chi connectivity index (χ1) is 10.8. The van der Waals surface area contributed by atoms with Crippen LogP contribution in [0.3, 0.4) is 0 Å². The van der Waals surface area contributed by atoms with Crippen LogP contribution in [0.25, 0.3) is 0 Å².